The summed E-state index contributed by atoms with van der Waals surface area (Å²) in [6, 6.07) is 12.6. The van der Waals surface area contributed by atoms with E-state index in [0.717, 1.165) is 27.7 Å². The van der Waals surface area contributed by atoms with Gasteiger partial charge in [-0.2, -0.15) is 0 Å². The van der Waals surface area contributed by atoms with Crippen molar-refractivity contribution < 1.29 is 14.3 Å². The molecule has 0 aliphatic heterocycles. The fourth-order valence-electron chi connectivity index (χ4n) is 3.93. The third kappa shape index (κ3) is 5.19. The molecule has 0 amide bonds. The van der Waals surface area contributed by atoms with Crippen LogP contribution in [0.1, 0.15) is 31.9 Å². The SMILES string of the molecule is CCOC(=O)C(Cc1ccc(Nc2ncnc3cccc(C)c23)cc1)Nc1c(OC(C)C)c(=O)c1=O. The predicted octanol–water partition coefficient (Wildman–Crippen LogP) is 3.65. The Hall–Kier alpha value is -4.27. The van der Waals surface area contributed by atoms with E-state index in [1.165, 1.54) is 6.33 Å². The molecule has 0 spiro atoms. The fourth-order valence-corrected chi connectivity index (χ4v) is 3.93. The van der Waals surface area contributed by atoms with Crippen molar-refractivity contribution in [3.05, 3.63) is 80.4 Å². The van der Waals surface area contributed by atoms with Gasteiger partial charge in [0.2, 0.25) is 0 Å². The van der Waals surface area contributed by atoms with Gasteiger partial charge in [0.1, 0.15) is 23.9 Å². The zero-order valence-electron chi connectivity index (χ0n) is 20.6. The molecule has 4 aromatic rings. The van der Waals surface area contributed by atoms with E-state index in [1.807, 2.05) is 49.4 Å². The van der Waals surface area contributed by atoms with Crippen LogP contribution in [0.4, 0.5) is 17.2 Å². The Kier molecular flexibility index (Phi) is 7.28. The highest BCUT2D eigenvalue weighted by molar-refractivity contribution is 5.93. The number of aryl methyl sites for hydroxylation is 1. The molecule has 186 valence electrons. The first-order valence-electron chi connectivity index (χ1n) is 11.8. The molecule has 0 radical (unpaired) electrons. The van der Waals surface area contributed by atoms with Gasteiger partial charge in [-0.05, 0) is 57.0 Å². The van der Waals surface area contributed by atoms with Crippen molar-refractivity contribution in [1.29, 1.82) is 0 Å². The number of nitrogens with one attached hydrogen (secondary N) is 2. The van der Waals surface area contributed by atoms with Gasteiger partial charge >= 0.3 is 5.97 Å². The number of rotatable bonds is 10. The van der Waals surface area contributed by atoms with E-state index in [9.17, 15) is 14.4 Å². The summed E-state index contributed by atoms with van der Waals surface area (Å²) in [5.41, 5.74) is 2.18. The maximum atomic E-state index is 12.6. The lowest BCUT2D eigenvalue weighted by molar-refractivity contribution is -0.144. The number of nitrogens with zero attached hydrogens (tertiary/aromatic N) is 2. The molecular weight excluding hydrogens is 460 g/mol. The van der Waals surface area contributed by atoms with Crippen LogP contribution >= 0.6 is 0 Å². The highest BCUT2D eigenvalue weighted by atomic mass is 16.5. The molecule has 1 atom stereocenters. The second kappa shape index (κ2) is 10.6. The first-order chi connectivity index (χ1) is 17.3. The summed E-state index contributed by atoms with van der Waals surface area (Å²) >= 11 is 0. The summed E-state index contributed by atoms with van der Waals surface area (Å²) in [6.07, 6.45) is 1.48. The highest BCUT2D eigenvalue weighted by Crippen LogP contribution is 2.26. The number of carbonyl (C=O) groups is 1. The second-order valence-electron chi connectivity index (χ2n) is 8.70. The van der Waals surface area contributed by atoms with E-state index in [4.69, 9.17) is 9.47 Å². The van der Waals surface area contributed by atoms with Gasteiger partial charge in [-0.3, -0.25) is 9.59 Å². The molecule has 0 fully saturated rings. The molecule has 0 aliphatic rings. The molecule has 36 heavy (non-hydrogen) atoms. The first kappa shape index (κ1) is 24.8. The van der Waals surface area contributed by atoms with E-state index in [-0.39, 0.29) is 30.6 Å². The highest BCUT2D eigenvalue weighted by Gasteiger charge is 2.29. The van der Waals surface area contributed by atoms with Crippen molar-refractivity contribution in [3.63, 3.8) is 0 Å². The average molecular weight is 489 g/mol. The van der Waals surface area contributed by atoms with Gasteiger partial charge in [0.15, 0.2) is 5.75 Å². The zero-order valence-corrected chi connectivity index (χ0v) is 20.6. The number of ether oxygens (including phenoxy) is 2. The van der Waals surface area contributed by atoms with Crippen LogP contribution in [-0.2, 0) is 16.0 Å². The van der Waals surface area contributed by atoms with Crippen LogP contribution in [0.25, 0.3) is 10.9 Å². The summed E-state index contributed by atoms with van der Waals surface area (Å²) in [5, 5.41) is 7.16. The molecular formula is C27H28N4O5. The molecule has 9 nitrogen and oxygen atoms in total. The fraction of sp³-hybridized carbons (Fsp3) is 0.296. The van der Waals surface area contributed by atoms with Gasteiger partial charge < -0.3 is 20.1 Å². The van der Waals surface area contributed by atoms with Crippen LogP contribution < -0.4 is 26.2 Å². The molecule has 2 N–H and O–H groups in total. The quantitative estimate of drug-likeness (QED) is 0.255. The van der Waals surface area contributed by atoms with Crippen molar-refractivity contribution in [2.45, 2.75) is 46.3 Å². The Balaban J connectivity index is 1.53. The number of fused-ring (bicyclic) bond motifs is 1. The van der Waals surface area contributed by atoms with Gasteiger partial charge in [-0.15, -0.1) is 0 Å². The molecule has 3 aromatic carbocycles. The van der Waals surface area contributed by atoms with E-state index in [2.05, 4.69) is 20.6 Å². The number of esters is 1. The minimum atomic E-state index is -0.866. The zero-order chi connectivity index (χ0) is 25.8. The Morgan fingerprint density at radius 2 is 1.78 bits per heavy atom. The molecule has 0 saturated carbocycles. The van der Waals surface area contributed by atoms with Crippen molar-refractivity contribution in [2.24, 2.45) is 0 Å². The van der Waals surface area contributed by atoms with E-state index < -0.39 is 22.9 Å². The van der Waals surface area contributed by atoms with Gasteiger partial charge in [0.05, 0.1) is 18.2 Å². The number of hydrogen-bond donors (Lipinski definition) is 2. The average Bonchev–Trinajstić information content (AvgIpc) is 2.86. The van der Waals surface area contributed by atoms with Crippen LogP contribution in [-0.4, -0.2) is 34.7 Å². The van der Waals surface area contributed by atoms with Crippen molar-refractivity contribution in [1.82, 2.24) is 9.97 Å². The van der Waals surface area contributed by atoms with E-state index in [0.29, 0.717) is 5.82 Å². The summed E-state index contributed by atoms with van der Waals surface area (Å²) in [7, 11) is 0. The number of benzene rings is 2. The Bertz CT molecular complexity index is 1450. The van der Waals surface area contributed by atoms with Crippen molar-refractivity contribution >= 4 is 34.1 Å². The van der Waals surface area contributed by atoms with Crippen molar-refractivity contribution in [3.8, 4) is 5.75 Å². The maximum absolute atomic E-state index is 12.6. The largest absolute Gasteiger partial charge is 0.485 e. The molecule has 1 unspecified atom stereocenters. The van der Waals surface area contributed by atoms with Crippen LogP contribution in [0.5, 0.6) is 5.75 Å². The standard InChI is InChI=1S/C27H28N4O5/c1-5-35-27(34)20(31-22-23(32)24(33)25(22)36-15(2)3)13-17-9-11-18(12-10-17)30-26-21-16(4)7-6-8-19(21)28-14-29-26/h6-12,14-15,20,31H,5,13H2,1-4H3,(H,28,29,30). The molecule has 0 saturated heterocycles. The number of carbonyl (C=O) groups excluding carboxylic acids is 1. The lowest BCUT2D eigenvalue weighted by Crippen LogP contribution is -2.42. The van der Waals surface area contributed by atoms with Crippen molar-refractivity contribution in [2.75, 3.05) is 17.2 Å². The second-order valence-corrected chi connectivity index (χ2v) is 8.70. The van der Waals surface area contributed by atoms with Gasteiger partial charge in [0.25, 0.3) is 10.9 Å². The van der Waals surface area contributed by atoms with Gasteiger partial charge in [-0.25, -0.2) is 14.8 Å². The monoisotopic (exact) mass is 488 g/mol. The van der Waals surface area contributed by atoms with Crippen LogP contribution in [0.15, 0.2) is 58.4 Å². The summed E-state index contributed by atoms with van der Waals surface area (Å²) in [5.74, 6) is 0.136. The van der Waals surface area contributed by atoms with Gasteiger partial charge in [0, 0.05) is 17.5 Å². The molecule has 9 heteroatoms. The number of aromatic nitrogens is 2. The van der Waals surface area contributed by atoms with Crippen LogP contribution in [0, 0.1) is 6.92 Å². The summed E-state index contributed by atoms with van der Waals surface area (Å²) in [6.45, 7) is 7.41. The smallest absolute Gasteiger partial charge is 0.328 e. The first-order valence-corrected chi connectivity index (χ1v) is 11.8. The predicted molar refractivity (Wildman–Crippen MR) is 139 cm³/mol. The minimum Gasteiger partial charge on any atom is -0.485 e. The van der Waals surface area contributed by atoms with E-state index in [1.54, 1.807) is 20.8 Å². The topological polar surface area (TPSA) is 120 Å². The Morgan fingerprint density at radius 3 is 2.47 bits per heavy atom. The summed E-state index contributed by atoms with van der Waals surface area (Å²) in [4.78, 5) is 45.4. The van der Waals surface area contributed by atoms with Gasteiger partial charge in [-0.1, -0.05) is 24.3 Å². The molecule has 1 heterocycles. The number of anilines is 3. The molecule has 1 aromatic heterocycles. The normalized spacial score (nSPS) is 12.0. The van der Waals surface area contributed by atoms with E-state index >= 15 is 0 Å². The lowest BCUT2D eigenvalue weighted by Gasteiger charge is -2.22. The Labute approximate surface area is 208 Å². The third-order valence-corrected chi connectivity index (χ3v) is 5.64. The maximum Gasteiger partial charge on any atom is 0.328 e. The van der Waals surface area contributed by atoms with Crippen LogP contribution in [0.3, 0.4) is 0 Å². The molecule has 4 rings (SSSR count). The molecule has 0 bridgehead atoms. The minimum absolute atomic E-state index is 0.0102. The lowest BCUT2D eigenvalue weighted by atomic mass is 10.0. The molecule has 0 aliphatic carbocycles. The van der Waals surface area contributed by atoms with Crippen LogP contribution in [0.2, 0.25) is 0 Å². The third-order valence-electron chi connectivity index (χ3n) is 5.64. The number of hydrogen-bond acceptors (Lipinski definition) is 9. The Morgan fingerprint density at radius 1 is 1.03 bits per heavy atom. The summed E-state index contributed by atoms with van der Waals surface area (Å²) < 4.78 is 10.7.